The van der Waals surface area contributed by atoms with E-state index in [1.807, 2.05) is 32.0 Å². The van der Waals surface area contributed by atoms with Crippen LogP contribution >= 0.6 is 0 Å². The van der Waals surface area contributed by atoms with E-state index in [0.29, 0.717) is 34.3 Å². The molecule has 1 atom stereocenters. The van der Waals surface area contributed by atoms with E-state index in [0.717, 1.165) is 24.0 Å². The van der Waals surface area contributed by atoms with Crippen LogP contribution in [0.2, 0.25) is 0 Å². The van der Waals surface area contributed by atoms with Crippen molar-refractivity contribution in [1.82, 2.24) is 0 Å². The van der Waals surface area contributed by atoms with Gasteiger partial charge in [-0.2, -0.15) is 0 Å². The Bertz CT molecular complexity index is 962. The summed E-state index contributed by atoms with van der Waals surface area (Å²) in [5.74, 6) is 3.02. The van der Waals surface area contributed by atoms with Crippen molar-refractivity contribution >= 4 is 5.78 Å². The molecule has 29 heavy (non-hydrogen) atoms. The molecular formula is C23H26O6. The number of Topliss-reactive ketones (excluding diaryl/α,β-unsaturated/α-hetero) is 1. The number of hydrogen-bond acceptors (Lipinski definition) is 6. The van der Waals surface area contributed by atoms with E-state index in [1.165, 1.54) is 0 Å². The van der Waals surface area contributed by atoms with Crippen LogP contribution in [0.15, 0.2) is 24.3 Å². The van der Waals surface area contributed by atoms with Crippen molar-refractivity contribution in [3.8, 4) is 28.7 Å². The Morgan fingerprint density at radius 1 is 1.00 bits per heavy atom. The summed E-state index contributed by atoms with van der Waals surface area (Å²) in [5, 5.41) is 0. The van der Waals surface area contributed by atoms with Gasteiger partial charge in [-0.25, -0.2) is 0 Å². The largest absolute Gasteiger partial charge is 0.496 e. The Kier molecular flexibility index (Phi) is 4.81. The molecule has 6 nitrogen and oxygen atoms in total. The minimum atomic E-state index is -0.422. The van der Waals surface area contributed by atoms with Crippen LogP contribution in [0, 0.1) is 0 Å². The van der Waals surface area contributed by atoms with Crippen molar-refractivity contribution in [2.24, 2.45) is 0 Å². The van der Waals surface area contributed by atoms with Crippen molar-refractivity contribution in [3.63, 3.8) is 0 Å². The molecule has 1 unspecified atom stereocenters. The highest BCUT2D eigenvalue weighted by molar-refractivity contribution is 6.03. The normalized spacial score (nSPS) is 19.3. The topological polar surface area (TPSA) is 63.2 Å². The molecular weight excluding hydrogens is 372 g/mol. The average Bonchev–Trinajstić information content (AvgIpc) is 2.71. The Labute approximate surface area is 170 Å². The standard InChI is InChI=1S/C23H26O6/c1-23(2)9-8-14-18(26-4)12-20-21(22(14)29-23)15(24)11-17(28-20)13-6-7-16(25-3)19(10-13)27-5/h6-7,10,12,17H,8-9,11H2,1-5H3. The lowest BCUT2D eigenvalue weighted by Crippen LogP contribution is -2.34. The van der Waals surface area contributed by atoms with Crippen LogP contribution in [0.1, 0.15) is 54.3 Å². The van der Waals surface area contributed by atoms with Crippen LogP contribution in [0.5, 0.6) is 28.7 Å². The first-order valence-electron chi connectivity index (χ1n) is 9.71. The van der Waals surface area contributed by atoms with Crippen molar-refractivity contribution in [1.29, 1.82) is 0 Å². The van der Waals surface area contributed by atoms with Crippen molar-refractivity contribution in [3.05, 3.63) is 41.0 Å². The van der Waals surface area contributed by atoms with Crippen LogP contribution in [0.3, 0.4) is 0 Å². The van der Waals surface area contributed by atoms with Gasteiger partial charge in [-0.15, -0.1) is 0 Å². The molecule has 6 heteroatoms. The molecule has 2 aromatic rings. The molecule has 0 saturated carbocycles. The van der Waals surface area contributed by atoms with Gasteiger partial charge in [-0.1, -0.05) is 6.07 Å². The number of methoxy groups -OCH3 is 3. The fourth-order valence-corrected chi connectivity index (χ4v) is 4.00. The number of fused-ring (bicyclic) bond motifs is 3. The van der Waals surface area contributed by atoms with Crippen molar-refractivity contribution in [2.75, 3.05) is 21.3 Å². The van der Waals surface area contributed by atoms with Gasteiger partial charge in [0.2, 0.25) is 0 Å². The van der Waals surface area contributed by atoms with Crippen LogP contribution < -0.4 is 23.7 Å². The number of rotatable bonds is 4. The zero-order valence-electron chi connectivity index (χ0n) is 17.5. The van der Waals surface area contributed by atoms with E-state index < -0.39 is 6.10 Å². The van der Waals surface area contributed by atoms with Gasteiger partial charge in [0.25, 0.3) is 0 Å². The van der Waals surface area contributed by atoms with Gasteiger partial charge in [0.15, 0.2) is 17.3 Å². The maximum absolute atomic E-state index is 13.2. The maximum Gasteiger partial charge on any atom is 0.174 e. The van der Waals surface area contributed by atoms with E-state index in [1.54, 1.807) is 27.4 Å². The second-order valence-corrected chi connectivity index (χ2v) is 7.97. The summed E-state index contributed by atoms with van der Waals surface area (Å²) in [6.45, 7) is 4.06. The van der Waals surface area contributed by atoms with Crippen LogP contribution in [-0.4, -0.2) is 32.7 Å². The summed E-state index contributed by atoms with van der Waals surface area (Å²) < 4.78 is 28.8. The monoisotopic (exact) mass is 398 g/mol. The molecule has 4 rings (SSSR count). The quantitative estimate of drug-likeness (QED) is 0.754. The van der Waals surface area contributed by atoms with Crippen LogP contribution in [-0.2, 0) is 6.42 Å². The number of hydrogen-bond donors (Lipinski definition) is 0. The molecule has 0 aromatic heterocycles. The number of ether oxygens (including phenoxy) is 5. The Morgan fingerprint density at radius 2 is 1.72 bits per heavy atom. The van der Waals surface area contributed by atoms with Gasteiger partial charge in [-0.05, 0) is 44.4 Å². The first-order chi connectivity index (χ1) is 13.9. The van der Waals surface area contributed by atoms with E-state index in [9.17, 15) is 4.79 Å². The van der Waals surface area contributed by atoms with E-state index >= 15 is 0 Å². The van der Waals surface area contributed by atoms with E-state index in [4.69, 9.17) is 23.7 Å². The highest BCUT2D eigenvalue weighted by atomic mass is 16.5. The number of ketones is 1. The number of benzene rings is 2. The first-order valence-corrected chi connectivity index (χ1v) is 9.71. The molecule has 2 heterocycles. The summed E-state index contributed by atoms with van der Waals surface area (Å²) in [4.78, 5) is 13.2. The molecule has 0 fully saturated rings. The smallest absolute Gasteiger partial charge is 0.174 e. The molecule has 2 aromatic carbocycles. The van der Waals surface area contributed by atoms with Gasteiger partial charge >= 0.3 is 0 Å². The lowest BCUT2D eigenvalue weighted by Gasteiger charge is -2.36. The van der Waals surface area contributed by atoms with E-state index in [2.05, 4.69) is 0 Å². The molecule has 0 bridgehead atoms. The Hall–Kier alpha value is -2.89. The molecule has 0 amide bonds. The lowest BCUT2D eigenvalue weighted by molar-refractivity contribution is 0.0715. The highest BCUT2D eigenvalue weighted by Gasteiger charge is 2.38. The molecule has 0 saturated heterocycles. The highest BCUT2D eigenvalue weighted by Crippen LogP contribution is 2.49. The third-order valence-corrected chi connectivity index (χ3v) is 5.58. The third-order valence-electron chi connectivity index (χ3n) is 5.58. The van der Waals surface area contributed by atoms with E-state index in [-0.39, 0.29) is 17.8 Å². The predicted octanol–water partition coefficient (Wildman–Crippen LogP) is 4.52. The van der Waals surface area contributed by atoms with Crippen molar-refractivity contribution in [2.45, 2.75) is 44.8 Å². The zero-order valence-corrected chi connectivity index (χ0v) is 17.5. The molecule has 0 N–H and O–H groups in total. The second kappa shape index (κ2) is 7.17. The van der Waals surface area contributed by atoms with Crippen LogP contribution in [0.25, 0.3) is 0 Å². The number of carbonyl (C=O) groups excluding carboxylic acids is 1. The SMILES string of the molecule is COc1ccc(C2CC(=O)c3c(cc(OC)c4c3OC(C)(C)CC4)O2)cc1OC. The minimum absolute atomic E-state index is 0.00244. The zero-order chi connectivity index (χ0) is 20.8. The van der Waals surface area contributed by atoms with Gasteiger partial charge in [0.1, 0.15) is 34.5 Å². The lowest BCUT2D eigenvalue weighted by atomic mass is 9.88. The molecule has 2 aliphatic heterocycles. The molecule has 2 aliphatic rings. The molecule has 0 radical (unpaired) electrons. The van der Waals surface area contributed by atoms with Gasteiger partial charge in [-0.3, -0.25) is 4.79 Å². The molecule has 154 valence electrons. The molecule has 0 aliphatic carbocycles. The summed E-state index contributed by atoms with van der Waals surface area (Å²) in [6.07, 6.45) is 1.46. The van der Waals surface area contributed by atoms with Crippen LogP contribution in [0.4, 0.5) is 0 Å². The minimum Gasteiger partial charge on any atom is -0.496 e. The fraction of sp³-hybridized carbons (Fsp3) is 0.435. The van der Waals surface area contributed by atoms with Gasteiger partial charge in [0, 0.05) is 11.6 Å². The molecule has 0 spiro atoms. The third kappa shape index (κ3) is 3.37. The van der Waals surface area contributed by atoms with Gasteiger partial charge in [0.05, 0.1) is 27.8 Å². The van der Waals surface area contributed by atoms with Crippen molar-refractivity contribution < 1.29 is 28.5 Å². The average molecular weight is 398 g/mol. The number of carbonyl (C=O) groups is 1. The second-order valence-electron chi connectivity index (χ2n) is 7.97. The Balaban J connectivity index is 1.76. The first kappa shape index (κ1) is 19.4. The maximum atomic E-state index is 13.2. The summed E-state index contributed by atoms with van der Waals surface area (Å²) in [6, 6.07) is 7.35. The summed E-state index contributed by atoms with van der Waals surface area (Å²) >= 11 is 0. The van der Waals surface area contributed by atoms with Gasteiger partial charge < -0.3 is 23.7 Å². The predicted molar refractivity (Wildman–Crippen MR) is 108 cm³/mol. The summed E-state index contributed by atoms with van der Waals surface area (Å²) in [5.41, 5.74) is 1.96. The fourth-order valence-electron chi connectivity index (χ4n) is 4.00. The summed E-state index contributed by atoms with van der Waals surface area (Å²) in [7, 11) is 4.80. The Morgan fingerprint density at radius 3 is 2.41 bits per heavy atom.